The van der Waals surface area contributed by atoms with E-state index >= 15 is 0 Å². The molecule has 5 nitrogen and oxygen atoms in total. The van der Waals surface area contributed by atoms with Crippen molar-refractivity contribution in [1.82, 2.24) is 0 Å². The van der Waals surface area contributed by atoms with Crippen molar-refractivity contribution in [3.8, 4) is 0 Å². The van der Waals surface area contributed by atoms with E-state index in [-0.39, 0.29) is 25.2 Å². The molecule has 1 unspecified atom stereocenters. The normalized spacial score (nSPS) is 13.1. The van der Waals surface area contributed by atoms with Crippen LogP contribution in [0.4, 0.5) is 0 Å². The highest BCUT2D eigenvalue weighted by Gasteiger charge is 2.16. The van der Waals surface area contributed by atoms with E-state index in [9.17, 15) is 14.7 Å². The Morgan fingerprint density at radius 1 is 0.303 bits per heavy atom. The van der Waals surface area contributed by atoms with Crippen LogP contribution in [-0.4, -0.2) is 36.4 Å². The van der Waals surface area contributed by atoms with E-state index in [1.165, 1.54) is 148 Å². The SMILES string of the molecule is CC/C=C\C/C=C\C/C=C\C/C=C\C/C=C\C/C=C\CCCCCCCCCCCCCCC(=O)OC(CO)COC(=O)CCCCCCCCCCCCCCCCC/C=C\C/C=C\C/C=C\C/C=C\C/C=C\CC. The van der Waals surface area contributed by atoms with Gasteiger partial charge in [0.1, 0.15) is 6.61 Å². The van der Waals surface area contributed by atoms with Gasteiger partial charge in [-0.15, -0.1) is 0 Å². The van der Waals surface area contributed by atoms with Crippen molar-refractivity contribution in [1.29, 1.82) is 0 Å². The highest BCUT2D eigenvalue weighted by Crippen LogP contribution is 2.16. The summed E-state index contributed by atoms with van der Waals surface area (Å²) in [6, 6.07) is 0. The van der Waals surface area contributed by atoms with Gasteiger partial charge < -0.3 is 14.6 Å². The van der Waals surface area contributed by atoms with Crippen LogP contribution in [0.25, 0.3) is 0 Å². The van der Waals surface area contributed by atoms with Gasteiger partial charge in [-0.2, -0.15) is 0 Å². The molecule has 0 spiro atoms. The van der Waals surface area contributed by atoms with Gasteiger partial charge in [0.15, 0.2) is 6.10 Å². The number of hydrogen-bond donors (Lipinski definition) is 1. The molecule has 0 fully saturated rings. The summed E-state index contributed by atoms with van der Waals surface area (Å²) in [6.07, 6.45) is 97.3. The first-order valence-corrected chi connectivity index (χ1v) is 31.7. The van der Waals surface area contributed by atoms with Crippen LogP contribution in [0, 0.1) is 0 Å². The molecule has 0 saturated heterocycles. The smallest absolute Gasteiger partial charge is 0.306 e. The molecule has 0 aliphatic carbocycles. The number of carbonyl (C=O) groups is 2. The topological polar surface area (TPSA) is 72.8 Å². The van der Waals surface area contributed by atoms with E-state index in [0.717, 1.165) is 109 Å². The Labute approximate surface area is 470 Å². The zero-order valence-electron chi connectivity index (χ0n) is 49.5. The maximum atomic E-state index is 12.3. The first-order chi connectivity index (χ1) is 37.6. The lowest BCUT2D eigenvalue weighted by Gasteiger charge is -2.15. The number of unbranched alkanes of at least 4 members (excludes halogenated alkanes) is 27. The fraction of sp³-hybridized carbons (Fsp3) is 0.662. The monoisotopic (exact) mass is 1050 g/mol. The van der Waals surface area contributed by atoms with Crippen LogP contribution in [0.1, 0.15) is 284 Å². The molecule has 0 aliphatic heterocycles. The first-order valence-electron chi connectivity index (χ1n) is 31.7. The summed E-state index contributed by atoms with van der Waals surface area (Å²) < 4.78 is 10.7. The molecule has 432 valence electrons. The molecule has 0 bridgehead atoms. The Bertz CT molecular complexity index is 1570. The molecule has 0 aromatic heterocycles. The standard InChI is InChI=1S/C71H118O5/c1-3-5-7-9-11-13-15-17-19-21-23-25-27-29-31-33-35-37-39-41-43-45-47-49-51-53-55-57-59-61-63-65-70(73)75-68-69(67-72)76-71(74)66-64-62-60-58-56-54-52-50-48-46-44-42-40-38-36-34-32-30-28-26-24-22-20-18-16-14-12-10-8-6-4-2/h5-8,11-14,17-20,23-26,29-32,36,38,69,72H,3-4,9-10,15-16,21-22,27-28,33-35,37,39-68H2,1-2H3/b7-5-,8-6-,13-11-,14-12-,19-17-,20-18-,25-23-,26-24-,31-29-,32-30-,38-36-. The minimum atomic E-state index is -0.782. The Kier molecular flexibility index (Phi) is 61.9. The Balaban J connectivity index is 3.51. The van der Waals surface area contributed by atoms with E-state index in [1.54, 1.807) is 0 Å². The largest absolute Gasteiger partial charge is 0.462 e. The number of carbonyl (C=O) groups excluding carboxylic acids is 2. The molecule has 76 heavy (non-hydrogen) atoms. The quantitative estimate of drug-likeness (QED) is 0.0373. The third kappa shape index (κ3) is 62.6. The molecule has 0 aliphatic rings. The molecule has 0 aromatic carbocycles. The maximum Gasteiger partial charge on any atom is 0.306 e. The number of aliphatic hydroxyl groups excluding tert-OH is 1. The van der Waals surface area contributed by atoms with Crippen molar-refractivity contribution >= 4 is 11.9 Å². The summed E-state index contributed by atoms with van der Waals surface area (Å²) in [4.78, 5) is 24.6. The lowest BCUT2D eigenvalue weighted by molar-refractivity contribution is -0.161. The van der Waals surface area contributed by atoms with Gasteiger partial charge >= 0.3 is 11.9 Å². The maximum absolute atomic E-state index is 12.3. The molecular weight excluding hydrogens is 933 g/mol. The molecule has 0 heterocycles. The summed E-state index contributed by atoms with van der Waals surface area (Å²) in [7, 11) is 0. The second-order valence-electron chi connectivity index (χ2n) is 20.7. The lowest BCUT2D eigenvalue weighted by Crippen LogP contribution is -2.28. The number of rotatable bonds is 57. The van der Waals surface area contributed by atoms with Crippen molar-refractivity contribution in [3.05, 3.63) is 134 Å². The predicted molar refractivity (Wildman–Crippen MR) is 334 cm³/mol. The molecule has 0 saturated carbocycles. The van der Waals surface area contributed by atoms with Crippen molar-refractivity contribution < 1.29 is 24.2 Å². The van der Waals surface area contributed by atoms with Gasteiger partial charge in [0.25, 0.3) is 0 Å². The molecular formula is C71H118O5. The fourth-order valence-electron chi connectivity index (χ4n) is 8.76. The summed E-state index contributed by atoms with van der Waals surface area (Å²) in [6.45, 7) is 3.93. The summed E-state index contributed by atoms with van der Waals surface area (Å²) >= 11 is 0. The molecule has 1 N–H and O–H groups in total. The van der Waals surface area contributed by atoms with Crippen molar-refractivity contribution in [2.75, 3.05) is 13.2 Å². The highest BCUT2D eigenvalue weighted by molar-refractivity contribution is 5.70. The Morgan fingerprint density at radius 2 is 0.526 bits per heavy atom. The fourth-order valence-corrected chi connectivity index (χ4v) is 8.76. The minimum Gasteiger partial charge on any atom is -0.462 e. The van der Waals surface area contributed by atoms with E-state index < -0.39 is 6.10 Å². The summed E-state index contributed by atoms with van der Waals surface area (Å²) in [5.74, 6) is -0.592. The van der Waals surface area contributed by atoms with E-state index in [1.807, 2.05) is 0 Å². The van der Waals surface area contributed by atoms with Crippen LogP contribution in [-0.2, 0) is 19.1 Å². The first kappa shape index (κ1) is 72.0. The van der Waals surface area contributed by atoms with Crippen LogP contribution in [0.15, 0.2) is 134 Å². The predicted octanol–water partition coefficient (Wildman–Crippen LogP) is 22.0. The van der Waals surface area contributed by atoms with Crippen LogP contribution in [0.3, 0.4) is 0 Å². The summed E-state index contributed by atoms with van der Waals surface area (Å²) in [5, 5.41) is 9.69. The zero-order valence-corrected chi connectivity index (χ0v) is 49.5. The summed E-state index contributed by atoms with van der Waals surface area (Å²) in [5.41, 5.74) is 0. The van der Waals surface area contributed by atoms with Gasteiger partial charge in [0, 0.05) is 12.8 Å². The molecule has 0 radical (unpaired) electrons. The Morgan fingerprint density at radius 3 is 0.789 bits per heavy atom. The van der Waals surface area contributed by atoms with Crippen LogP contribution < -0.4 is 0 Å². The third-order valence-electron chi connectivity index (χ3n) is 13.4. The average Bonchev–Trinajstić information content (AvgIpc) is 3.42. The number of allylic oxidation sites excluding steroid dienone is 22. The van der Waals surface area contributed by atoms with Crippen LogP contribution in [0.5, 0.6) is 0 Å². The van der Waals surface area contributed by atoms with E-state index in [4.69, 9.17) is 9.47 Å². The van der Waals surface area contributed by atoms with Gasteiger partial charge in [-0.25, -0.2) is 0 Å². The van der Waals surface area contributed by atoms with Gasteiger partial charge in [-0.05, 0) is 109 Å². The van der Waals surface area contributed by atoms with Gasteiger partial charge in [0.2, 0.25) is 0 Å². The van der Waals surface area contributed by atoms with Crippen LogP contribution in [0.2, 0.25) is 0 Å². The van der Waals surface area contributed by atoms with Crippen molar-refractivity contribution in [3.63, 3.8) is 0 Å². The Hall–Kier alpha value is -3.96. The van der Waals surface area contributed by atoms with Crippen LogP contribution >= 0.6 is 0 Å². The number of hydrogen-bond acceptors (Lipinski definition) is 5. The number of ether oxygens (including phenoxy) is 2. The van der Waals surface area contributed by atoms with Gasteiger partial charge in [-0.3, -0.25) is 9.59 Å². The molecule has 5 heteroatoms. The molecule has 0 aromatic rings. The third-order valence-corrected chi connectivity index (χ3v) is 13.4. The van der Waals surface area contributed by atoms with E-state index in [0.29, 0.717) is 12.8 Å². The van der Waals surface area contributed by atoms with Gasteiger partial charge in [0.05, 0.1) is 6.61 Å². The van der Waals surface area contributed by atoms with Gasteiger partial charge in [-0.1, -0.05) is 295 Å². The molecule has 1 atom stereocenters. The second kappa shape index (κ2) is 65.3. The van der Waals surface area contributed by atoms with Crippen molar-refractivity contribution in [2.45, 2.75) is 290 Å². The zero-order chi connectivity index (χ0) is 54.8. The second-order valence-corrected chi connectivity index (χ2v) is 20.7. The molecule has 0 rings (SSSR count). The number of esters is 2. The molecule has 0 amide bonds. The number of aliphatic hydroxyl groups is 1. The van der Waals surface area contributed by atoms with Crippen molar-refractivity contribution in [2.24, 2.45) is 0 Å². The lowest BCUT2D eigenvalue weighted by atomic mass is 10.0. The highest BCUT2D eigenvalue weighted by atomic mass is 16.6. The van der Waals surface area contributed by atoms with E-state index in [2.05, 4.69) is 148 Å². The average molecular weight is 1050 g/mol. The minimum absolute atomic E-state index is 0.0716.